The van der Waals surface area contributed by atoms with Crippen molar-refractivity contribution in [2.24, 2.45) is 22.7 Å². The summed E-state index contributed by atoms with van der Waals surface area (Å²) in [6, 6.07) is 3.68. The Balaban J connectivity index is 1.87. The second-order valence-corrected chi connectivity index (χ2v) is 8.77. The van der Waals surface area contributed by atoms with Gasteiger partial charge in [0.25, 0.3) is 0 Å². The third-order valence-corrected chi connectivity index (χ3v) is 4.90. The van der Waals surface area contributed by atoms with Gasteiger partial charge >= 0.3 is 0 Å². The van der Waals surface area contributed by atoms with Crippen molar-refractivity contribution < 1.29 is 9.84 Å². The van der Waals surface area contributed by atoms with Crippen LogP contribution < -0.4 is 0 Å². The molecule has 0 amide bonds. The molecular weight excluding hydrogens is 384 g/mol. The van der Waals surface area contributed by atoms with Crippen molar-refractivity contribution in [3.63, 3.8) is 0 Å². The molecule has 1 heterocycles. The highest BCUT2D eigenvalue weighted by atomic mass is 79.9. The molecule has 25 heavy (non-hydrogen) atoms. The zero-order chi connectivity index (χ0) is 18.6. The van der Waals surface area contributed by atoms with Gasteiger partial charge in [-0.15, -0.1) is 10.2 Å². The van der Waals surface area contributed by atoms with Gasteiger partial charge in [-0.1, -0.05) is 6.92 Å². The monoisotopic (exact) mass is 412 g/mol. The lowest BCUT2D eigenvalue weighted by molar-refractivity contribution is -0.235. The van der Waals surface area contributed by atoms with Crippen LogP contribution in [0.4, 0.5) is 5.82 Å². The molecule has 1 aliphatic rings. The van der Waals surface area contributed by atoms with Gasteiger partial charge in [0.15, 0.2) is 5.82 Å². The lowest BCUT2D eigenvalue weighted by Gasteiger charge is -2.32. The van der Waals surface area contributed by atoms with Crippen LogP contribution in [0.25, 0.3) is 0 Å². The van der Waals surface area contributed by atoms with Crippen LogP contribution in [-0.4, -0.2) is 52.0 Å². The van der Waals surface area contributed by atoms with Gasteiger partial charge in [0, 0.05) is 12.8 Å². The number of aliphatic hydroxyl groups is 1. The van der Waals surface area contributed by atoms with Gasteiger partial charge in [-0.3, -0.25) is 4.90 Å². The minimum atomic E-state index is -0.877. The Morgan fingerprint density at radius 2 is 2.12 bits per heavy atom. The van der Waals surface area contributed by atoms with E-state index in [1.807, 2.05) is 51.1 Å². The Labute approximate surface area is 158 Å². The first kappa shape index (κ1) is 20.4. The Kier molecular flexibility index (Phi) is 7.08. The Morgan fingerprint density at radius 3 is 2.72 bits per heavy atom. The zero-order valence-electron chi connectivity index (χ0n) is 15.7. The van der Waals surface area contributed by atoms with E-state index >= 15 is 0 Å². The van der Waals surface area contributed by atoms with E-state index in [4.69, 9.17) is 4.74 Å². The average molecular weight is 413 g/mol. The van der Waals surface area contributed by atoms with Crippen LogP contribution in [0, 0.1) is 17.8 Å². The van der Waals surface area contributed by atoms with Gasteiger partial charge in [-0.2, -0.15) is 0 Å². The molecule has 1 saturated carbocycles. The van der Waals surface area contributed by atoms with Crippen molar-refractivity contribution in [2.75, 3.05) is 13.6 Å². The summed E-state index contributed by atoms with van der Waals surface area (Å²) < 4.78 is 6.33. The van der Waals surface area contributed by atoms with E-state index in [1.165, 1.54) is 0 Å². The SMILES string of the molecule is CC1CC(C=Nc2ccc(Br)nn2)CC1CN(C)C(O)OC(C)(C)C. The first-order valence-electron chi connectivity index (χ1n) is 8.73. The molecule has 7 heteroatoms. The Bertz CT molecular complexity index is 573. The molecule has 4 unspecified atom stereocenters. The van der Waals surface area contributed by atoms with E-state index in [9.17, 15) is 5.11 Å². The molecule has 4 atom stereocenters. The van der Waals surface area contributed by atoms with Crippen LogP contribution in [0.1, 0.15) is 40.5 Å². The number of halogens is 1. The summed E-state index contributed by atoms with van der Waals surface area (Å²) >= 11 is 3.27. The summed E-state index contributed by atoms with van der Waals surface area (Å²) in [6.45, 7) is 8.91. The molecule has 1 aromatic heterocycles. The first-order chi connectivity index (χ1) is 11.6. The predicted octanol–water partition coefficient (Wildman–Crippen LogP) is 3.63. The largest absolute Gasteiger partial charge is 0.356 e. The summed E-state index contributed by atoms with van der Waals surface area (Å²) in [5.41, 5.74) is -0.365. The van der Waals surface area contributed by atoms with Gasteiger partial charge in [-0.25, -0.2) is 4.99 Å². The minimum Gasteiger partial charge on any atom is -0.356 e. The topological polar surface area (TPSA) is 70.8 Å². The van der Waals surface area contributed by atoms with Gasteiger partial charge in [0.05, 0.1) is 5.60 Å². The van der Waals surface area contributed by atoms with E-state index in [2.05, 4.69) is 38.0 Å². The molecule has 1 aromatic rings. The molecule has 1 fully saturated rings. The first-order valence-corrected chi connectivity index (χ1v) is 9.53. The highest BCUT2D eigenvalue weighted by Gasteiger charge is 2.32. The van der Waals surface area contributed by atoms with Gasteiger partial charge in [0.1, 0.15) is 4.60 Å². The normalized spacial score (nSPS) is 25.8. The molecule has 1 N–H and O–H groups in total. The fraction of sp³-hybridized carbons (Fsp3) is 0.722. The second-order valence-electron chi connectivity index (χ2n) is 7.96. The van der Waals surface area contributed by atoms with E-state index in [-0.39, 0.29) is 5.60 Å². The number of rotatable bonds is 6. The van der Waals surface area contributed by atoms with Gasteiger partial charge in [-0.05, 0) is 86.5 Å². The van der Waals surface area contributed by atoms with Crippen molar-refractivity contribution in [3.8, 4) is 0 Å². The number of aliphatic hydroxyl groups excluding tert-OH is 1. The number of aliphatic imine (C=N–C) groups is 1. The van der Waals surface area contributed by atoms with Crippen molar-refractivity contribution in [1.29, 1.82) is 0 Å². The van der Waals surface area contributed by atoms with Crippen molar-refractivity contribution in [1.82, 2.24) is 15.1 Å². The summed E-state index contributed by atoms with van der Waals surface area (Å²) in [7, 11) is 1.90. The van der Waals surface area contributed by atoms with Crippen molar-refractivity contribution in [3.05, 3.63) is 16.7 Å². The molecular formula is C18H29BrN4O2. The molecule has 0 spiro atoms. The quantitative estimate of drug-likeness (QED) is 0.570. The number of nitrogens with zero attached hydrogens (tertiary/aromatic N) is 4. The maximum Gasteiger partial charge on any atom is 0.216 e. The molecule has 0 saturated heterocycles. The van der Waals surface area contributed by atoms with Crippen LogP contribution in [-0.2, 0) is 4.74 Å². The molecule has 0 aromatic carbocycles. The van der Waals surface area contributed by atoms with E-state index < -0.39 is 6.41 Å². The molecule has 0 bridgehead atoms. The predicted molar refractivity (Wildman–Crippen MR) is 103 cm³/mol. The van der Waals surface area contributed by atoms with E-state index in [0.717, 1.165) is 19.4 Å². The van der Waals surface area contributed by atoms with E-state index in [1.54, 1.807) is 0 Å². The Hall–Kier alpha value is -0.890. The number of aromatic nitrogens is 2. The van der Waals surface area contributed by atoms with Gasteiger partial charge in [0.2, 0.25) is 6.41 Å². The maximum absolute atomic E-state index is 10.2. The fourth-order valence-corrected chi connectivity index (χ4v) is 3.40. The zero-order valence-corrected chi connectivity index (χ0v) is 17.3. The molecule has 2 rings (SSSR count). The smallest absolute Gasteiger partial charge is 0.216 e. The van der Waals surface area contributed by atoms with Gasteiger partial charge < -0.3 is 9.84 Å². The Morgan fingerprint density at radius 1 is 1.40 bits per heavy atom. The van der Waals surface area contributed by atoms with Crippen LogP contribution in [0.2, 0.25) is 0 Å². The molecule has 0 radical (unpaired) electrons. The summed E-state index contributed by atoms with van der Waals surface area (Å²) in [5, 5.41) is 18.2. The molecule has 6 nitrogen and oxygen atoms in total. The number of hydrogen-bond donors (Lipinski definition) is 1. The maximum atomic E-state index is 10.2. The summed E-state index contributed by atoms with van der Waals surface area (Å²) in [5.74, 6) is 2.15. The average Bonchev–Trinajstić information content (AvgIpc) is 2.85. The minimum absolute atomic E-state index is 0.365. The fourth-order valence-electron chi connectivity index (χ4n) is 3.19. The second kappa shape index (κ2) is 8.66. The van der Waals surface area contributed by atoms with Crippen LogP contribution in [0.3, 0.4) is 0 Å². The highest BCUT2D eigenvalue weighted by Crippen LogP contribution is 2.36. The third-order valence-electron chi connectivity index (χ3n) is 4.48. The third kappa shape index (κ3) is 6.73. The standard InChI is InChI=1S/C18H29BrN4O2/c1-12-8-13(10-20-16-7-6-15(19)21-22-16)9-14(12)11-23(5)17(24)25-18(2,3)4/h6-7,10,12-14,17,24H,8-9,11H2,1-5H3. The van der Waals surface area contributed by atoms with Crippen LogP contribution in [0.15, 0.2) is 21.7 Å². The number of ether oxygens (including phenoxy) is 1. The highest BCUT2D eigenvalue weighted by molar-refractivity contribution is 9.10. The lowest BCUT2D eigenvalue weighted by Crippen LogP contribution is -2.42. The molecule has 140 valence electrons. The molecule has 0 aliphatic heterocycles. The number of hydrogen-bond acceptors (Lipinski definition) is 6. The van der Waals surface area contributed by atoms with Crippen LogP contribution >= 0.6 is 15.9 Å². The molecule has 1 aliphatic carbocycles. The summed E-state index contributed by atoms with van der Waals surface area (Å²) in [4.78, 5) is 6.33. The van der Waals surface area contributed by atoms with Crippen molar-refractivity contribution in [2.45, 2.75) is 52.6 Å². The van der Waals surface area contributed by atoms with Crippen molar-refractivity contribution >= 4 is 28.0 Å². The van der Waals surface area contributed by atoms with Crippen LogP contribution in [0.5, 0.6) is 0 Å². The summed E-state index contributed by atoms with van der Waals surface area (Å²) in [6.07, 6.45) is 3.28. The lowest BCUT2D eigenvalue weighted by atomic mass is 9.98. The van der Waals surface area contributed by atoms with E-state index in [0.29, 0.717) is 28.2 Å².